The van der Waals surface area contributed by atoms with Crippen molar-refractivity contribution in [3.8, 4) is 11.5 Å². The van der Waals surface area contributed by atoms with Crippen molar-refractivity contribution in [2.75, 3.05) is 33.3 Å². The molecule has 4 rings (SSSR count). The van der Waals surface area contributed by atoms with Gasteiger partial charge in [-0.25, -0.2) is 9.59 Å². The second kappa shape index (κ2) is 11.9. The molecule has 0 fully saturated rings. The number of methoxy groups -OCH3 is 4. The van der Waals surface area contributed by atoms with E-state index in [4.69, 9.17) is 31.2 Å². The number of benzene rings is 2. The lowest BCUT2D eigenvalue weighted by atomic mass is 9.83. The average molecular weight is 598 g/mol. The molecule has 0 aromatic heterocycles. The van der Waals surface area contributed by atoms with Crippen LogP contribution in [-0.4, -0.2) is 56.7 Å². The molecule has 0 aliphatic carbocycles. The van der Waals surface area contributed by atoms with Crippen molar-refractivity contribution < 1.29 is 33.3 Å². The fraction of sp³-hybridized carbons (Fsp3) is 0.241. The first-order valence-corrected chi connectivity index (χ1v) is 14.0. The summed E-state index contributed by atoms with van der Waals surface area (Å²) < 4.78 is 21.1. The van der Waals surface area contributed by atoms with Gasteiger partial charge in [0.15, 0.2) is 0 Å². The number of esters is 2. The largest absolute Gasteiger partial charge is 0.497 e. The van der Waals surface area contributed by atoms with Crippen LogP contribution < -0.4 is 14.4 Å². The van der Waals surface area contributed by atoms with Crippen molar-refractivity contribution in [3.05, 3.63) is 73.7 Å². The van der Waals surface area contributed by atoms with Gasteiger partial charge in [-0.15, -0.1) is 0 Å². The van der Waals surface area contributed by atoms with Crippen LogP contribution >= 0.6 is 35.7 Å². The third-order valence-corrected chi connectivity index (χ3v) is 9.61. The van der Waals surface area contributed by atoms with Crippen LogP contribution in [0.25, 0.3) is 11.6 Å². The van der Waals surface area contributed by atoms with Crippen LogP contribution in [0.5, 0.6) is 11.5 Å². The third-order valence-electron chi connectivity index (χ3n) is 6.35. The molecular formula is C29H27NO7S3. The molecule has 40 heavy (non-hydrogen) atoms. The molecule has 8 nitrogen and oxygen atoms in total. The van der Waals surface area contributed by atoms with E-state index in [1.807, 2.05) is 38.1 Å². The van der Waals surface area contributed by atoms with Crippen molar-refractivity contribution in [1.29, 1.82) is 0 Å². The van der Waals surface area contributed by atoms with Gasteiger partial charge in [0, 0.05) is 17.2 Å². The number of carbonyl (C=O) groups is 3. The molecule has 2 aromatic rings. The first-order valence-electron chi connectivity index (χ1n) is 12.0. The number of carbonyl (C=O) groups excluding carboxylic acids is 3. The van der Waals surface area contributed by atoms with Crippen LogP contribution in [0.2, 0.25) is 0 Å². The third kappa shape index (κ3) is 5.41. The van der Waals surface area contributed by atoms with E-state index in [-0.39, 0.29) is 15.7 Å². The molecule has 2 aliphatic heterocycles. The molecule has 0 atom stereocenters. The van der Waals surface area contributed by atoms with Crippen molar-refractivity contribution in [1.82, 2.24) is 0 Å². The Balaban J connectivity index is 1.83. The van der Waals surface area contributed by atoms with E-state index in [2.05, 4.69) is 0 Å². The smallest absolute Gasteiger partial charge is 0.346 e. The molecule has 2 aromatic carbocycles. The van der Waals surface area contributed by atoms with Crippen LogP contribution in [-0.2, 0) is 23.9 Å². The minimum absolute atomic E-state index is 0.118. The van der Waals surface area contributed by atoms with Gasteiger partial charge >= 0.3 is 11.9 Å². The first-order chi connectivity index (χ1) is 19.1. The maximum atomic E-state index is 13.7. The highest BCUT2D eigenvalue weighted by Gasteiger charge is 2.45. The Labute approximate surface area is 246 Å². The number of hydrogen-bond acceptors (Lipinski definition) is 10. The molecule has 0 saturated carbocycles. The number of fused-ring (bicyclic) bond motifs is 1. The summed E-state index contributed by atoms with van der Waals surface area (Å²) in [5, 5.41) is 0. The molecule has 1 amide bonds. The SMILES string of the molecule is COC(=O)C1=C(C(=O)OC)SC(=C2C(=S)C(C)(C)N(C(=O)/C=C/c3ccc(OC)cc3)c3ccc(OC)cc32)S1. The average Bonchev–Trinajstić information content (AvgIpc) is 3.40. The second-order valence-electron chi connectivity index (χ2n) is 9.06. The van der Waals surface area contributed by atoms with Crippen LogP contribution in [0.3, 0.4) is 0 Å². The van der Waals surface area contributed by atoms with Crippen molar-refractivity contribution in [2.45, 2.75) is 19.4 Å². The zero-order valence-corrected chi connectivity index (χ0v) is 25.2. The molecular weight excluding hydrogens is 571 g/mol. The number of thiocarbonyl (C=S) groups is 1. The molecule has 0 unspecified atom stereocenters. The molecule has 2 aliphatic rings. The summed E-state index contributed by atoms with van der Waals surface area (Å²) >= 11 is 8.20. The van der Waals surface area contributed by atoms with E-state index in [1.54, 1.807) is 43.4 Å². The lowest BCUT2D eigenvalue weighted by Gasteiger charge is -2.45. The molecule has 11 heteroatoms. The Hall–Kier alpha value is -3.54. The Morgan fingerprint density at radius 3 is 1.93 bits per heavy atom. The van der Waals surface area contributed by atoms with Gasteiger partial charge in [0.25, 0.3) is 5.91 Å². The highest BCUT2D eigenvalue weighted by molar-refractivity contribution is 8.29. The van der Waals surface area contributed by atoms with Crippen molar-refractivity contribution >= 4 is 75.8 Å². The summed E-state index contributed by atoms with van der Waals surface area (Å²) in [7, 11) is 5.64. The predicted octanol–water partition coefficient (Wildman–Crippen LogP) is 5.62. The summed E-state index contributed by atoms with van der Waals surface area (Å²) in [6.45, 7) is 3.73. The molecule has 0 saturated heterocycles. The van der Waals surface area contributed by atoms with E-state index < -0.39 is 17.5 Å². The lowest BCUT2D eigenvalue weighted by molar-refractivity contribution is -0.138. The number of ether oxygens (including phenoxy) is 4. The minimum atomic E-state index is -0.943. The summed E-state index contributed by atoms with van der Waals surface area (Å²) in [4.78, 5) is 41.1. The van der Waals surface area contributed by atoms with Crippen LogP contribution in [0.4, 0.5) is 5.69 Å². The summed E-state index contributed by atoms with van der Waals surface area (Å²) in [6.07, 6.45) is 3.24. The predicted molar refractivity (Wildman–Crippen MR) is 162 cm³/mol. The standard InChI is InChI=1S/C29H27NO7S3/c1-29(2)25(38)22(28-39-23(26(32)36-5)24(40-28)27(33)37-6)19-15-18(35-4)12-13-20(19)30(29)21(31)14-9-16-7-10-17(34-3)11-8-16/h7-15H,1-6H3/b14-9+. The maximum Gasteiger partial charge on any atom is 0.346 e. The van der Waals surface area contributed by atoms with E-state index >= 15 is 0 Å². The van der Waals surface area contributed by atoms with Gasteiger partial charge in [-0.1, -0.05) is 47.9 Å². The molecule has 208 valence electrons. The topological polar surface area (TPSA) is 91.4 Å². The zero-order valence-electron chi connectivity index (χ0n) is 22.7. The lowest BCUT2D eigenvalue weighted by Crippen LogP contribution is -2.55. The summed E-state index contributed by atoms with van der Waals surface area (Å²) in [6, 6.07) is 12.7. The maximum absolute atomic E-state index is 13.7. The monoisotopic (exact) mass is 597 g/mol. The quantitative estimate of drug-likeness (QED) is 0.237. The normalized spacial score (nSPS) is 16.2. The number of anilines is 1. The fourth-order valence-corrected chi connectivity index (χ4v) is 7.31. The van der Waals surface area contributed by atoms with Gasteiger partial charge < -0.3 is 18.9 Å². The Morgan fingerprint density at radius 1 is 0.850 bits per heavy atom. The van der Waals surface area contributed by atoms with Gasteiger partial charge in [0.05, 0.1) is 48.8 Å². The molecule has 0 radical (unpaired) electrons. The zero-order chi connectivity index (χ0) is 29.2. The summed E-state index contributed by atoms with van der Waals surface area (Å²) in [5.41, 5.74) is 1.77. The number of hydrogen-bond donors (Lipinski definition) is 0. The number of rotatable bonds is 6. The first kappa shape index (κ1) is 29.4. The number of amides is 1. The minimum Gasteiger partial charge on any atom is -0.497 e. The van der Waals surface area contributed by atoms with E-state index in [1.165, 1.54) is 20.3 Å². The highest BCUT2D eigenvalue weighted by atomic mass is 32.2. The van der Waals surface area contributed by atoms with Gasteiger partial charge in [-0.05, 0) is 55.8 Å². The van der Waals surface area contributed by atoms with Crippen LogP contribution in [0, 0.1) is 0 Å². The van der Waals surface area contributed by atoms with Gasteiger partial charge in [0.1, 0.15) is 21.3 Å². The molecule has 0 spiro atoms. The fourth-order valence-electron chi connectivity index (χ4n) is 4.28. The van der Waals surface area contributed by atoms with Gasteiger partial charge in [0.2, 0.25) is 0 Å². The van der Waals surface area contributed by atoms with Crippen molar-refractivity contribution in [2.24, 2.45) is 0 Å². The van der Waals surface area contributed by atoms with Crippen LogP contribution in [0.15, 0.2) is 62.6 Å². The Morgan fingerprint density at radius 2 is 1.40 bits per heavy atom. The Bertz CT molecular complexity index is 1460. The highest BCUT2D eigenvalue weighted by Crippen LogP contribution is 2.56. The van der Waals surface area contributed by atoms with Crippen LogP contribution in [0.1, 0.15) is 25.0 Å². The second-order valence-corrected chi connectivity index (χ2v) is 11.8. The van der Waals surface area contributed by atoms with Gasteiger partial charge in [-0.3, -0.25) is 9.69 Å². The van der Waals surface area contributed by atoms with E-state index in [9.17, 15) is 14.4 Å². The molecule has 0 N–H and O–H groups in total. The summed E-state index contributed by atoms with van der Waals surface area (Å²) in [5.74, 6) is -0.296. The molecule has 2 heterocycles. The van der Waals surface area contributed by atoms with Crippen molar-refractivity contribution in [3.63, 3.8) is 0 Å². The number of thioether (sulfide) groups is 2. The number of nitrogens with zero attached hydrogens (tertiary/aromatic N) is 1. The van der Waals surface area contributed by atoms with E-state index in [0.717, 1.165) is 34.8 Å². The van der Waals surface area contributed by atoms with E-state index in [0.29, 0.717) is 31.7 Å². The molecule has 0 bridgehead atoms. The Kier molecular flexibility index (Phi) is 8.77. The van der Waals surface area contributed by atoms with Gasteiger partial charge in [-0.2, -0.15) is 0 Å².